The summed E-state index contributed by atoms with van der Waals surface area (Å²) in [7, 11) is 6.01. The van der Waals surface area contributed by atoms with Gasteiger partial charge in [0.1, 0.15) is 6.54 Å². The van der Waals surface area contributed by atoms with Gasteiger partial charge in [-0.3, -0.25) is 4.79 Å². The second-order valence-electron chi connectivity index (χ2n) is 9.05. The Bertz CT molecular complexity index is 404. The number of hydrogen-bond acceptors (Lipinski definition) is 3. The molecular formula is C23H46NO4+. The van der Waals surface area contributed by atoms with Gasteiger partial charge in [0.05, 0.1) is 39.9 Å². The van der Waals surface area contributed by atoms with Crippen LogP contribution in [0.25, 0.3) is 0 Å². The van der Waals surface area contributed by atoms with Crippen molar-refractivity contribution < 1.29 is 24.2 Å². The van der Waals surface area contributed by atoms with Crippen LogP contribution in [0, 0.1) is 0 Å². The molecular weight excluding hydrogens is 354 g/mol. The molecule has 166 valence electrons. The maximum atomic E-state index is 11.0. The Morgan fingerprint density at radius 1 is 0.929 bits per heavy atom. The Morgan fingerprint density at radius 2 is 1.43 bits per heavy atom. The number of carbonyl (C=O) groups is 1. The topological polar surface area (TPSA) is 66.8 Å². The van der Waals surface area contributed by atoms with Crippen molar-refractivity contribution in [3.8, 4) is 0 Å². The number of quaternary nitrogens is 1. The molecule has 0 aliphatic heterocycles. The summed E-state index contributed by atoms with van der Waals surface area (Å²) in [5.74, 6) is -0.867. The van der Waals surface area contributed by atoms with Crippen molar-refractivity contribution in [3.63, 3.8) is 0 Å². The fourth-order valence-electron chi connectivity index (χ4n) is 3.32. The van der Waals surface area contributed by atoms with Gasteiger partial charge >= 0.3 is 5.97 Å². The summed E-state index contributed by atoms with van der Waals surface area (Å²) in [6.45, 7) is 2.85. The van der Waals surface area contributed by atoms with Crippen LogP contribution < -0.4 is 0 Å². The smallest absolute Gasteiger partial charge is 0.307 e. The molecule has 5 nitrogen and oxygen atoms in total. The van der Waals surface area contributed by atoms with Crippen LogP contribution in [-0.4, -0.2) is 60.6 Å². The second-order valence-corrected chi connectivity index (χ2v) is 9.05. The van der Waals surface area contributed by atoms with Gasteiger partial charge in [-0.05, 0) is 12.5 Å². The molecule has 5 heteroatoms. The highest BCUT2D eigenvalue weighted by Gasteiger charge is 2.21. The van der Waals surface area contributed by atoms with Gasteiger partial charge in [-0.1, -0.05) is 77.6 Å². The number of carboxylic acid groups (broad SMARTS) is 1. The maximum Gasteiger partial charge on any atom is 0.307 e. The van der Waals surface area contributed by atoms with Crippen LogP contribution in [0.5, 0.6) is 0 Å². The fourth-order valence-corrected chi connectivity index (χ4v) is 3.32. The SMILES string of the molecule is CCCCCCCCCCCCCC(O)C=COC(CC(=O)O)C[N+](C)(C)C. The largest absolute Gasteiger partial charge is 0.492 e. The van der Waals surface area contributed by atoms with Crippen LogP contribution in [0.2, 0.25) is 0 Å². The van der Waals surface area contributed by atoms with Crippen LogP contribution >= 0.6 is 0 Å². The summed E-state index contributed by atoms with van der Waals surface area (Å²) in [6.07, 6.45) is 17.1. The Kier molecular flexibility index (Phi) is 16.2. The van der Waals surface area contributed by atoms with Crippen LogP contribution in [0.3, 0.4) is 0 Å². The number of hydrogen-bond donors (Lipinski definition) is 2. The molecule has 0 radical (unpaired) electrons. The number of aliphatic carboxylic acids is 1. The molecule has 0 bridgehead atoms. The van der Waals surface area contributed by atoms with E-state index in [1.807, 2.05) is 21.1 Å². The van der Waals surface area contributed by atoms with E-state index >= 15 is 0 Å². The monoisotopic (exact) mass is 400 g/mol. The van der Waals surface area contributed by atoms with E-state index in [-0.39, 0.29) is 12.5 Å². The van der Waals surface area contributed by atoms with E-state index in [0.29, 0.717) is 11.0 Å². The molecule has 0 fully saturated rings. The zero-order valence-corrected chi connectivity index (χ0v) is 18.9. The molecule has 0 spiro atoms. The number of aliphatic hydroxyl groups is 1. The lowest BCUT2D eigenvalue weighted by atomic mass is 10.0. The highest BCUT2D eigenvalue weighted by molar-refractivity contribution is 5.67. The normalized spacial score (nSPS) is 14.3. The van der Waals surface area contributed by atoms with E-state index < -0.39 is 12.1 Å². The Balaban J connectivity index is 3.75. The van der Waals surface area contributed by atoms with E-state index in [1.54, 1.807) is 6.08 Å². The zero-order chi connectivity index (χ0) is 21.3. The zero-order valence-electron chi connectivity index (χ0n) is 18.9. The van der Waals surface area contributed by atoms with E-state index in [4.69, 9.17) is 9.84 Å². The minimum atomic E-state index is -0.867. The van der Waals surface area contributed by atoms with Gasteiger partial charge in [0.2, 0.25) is 0 Å². The molecule has 0 amide bonds. The molecule has 0 aliphatic carbocycles. The summed E-state index contributed by atoms with van der Waals surface area (Å²) in [4.78, 5) is 11.0. The Labute approximate surface area is 173 Å². The summed E-state index contributed by atoms with van der Waals surface area (Å²) in [5, 5.41) is 19.0. The van der Waals surface area contributed by atoms with Crippen LogP contribution in [0.4, 0.5) is 0 Å². The third-order valence-electron chi connectivity index (χ3n) is 4.83. The number of carboxylic acids is 1. The molecule has 0 heterocycles. The van der Waals surface area contributed by atoms with E-state index in [2.05, 4.69) is 6.92 Å². The lowest BCUT2D eigenvalue weighted by Crippen LogP contribution is -2.42. The molecule has 0 aliphatic rings. The van der Waals surface area contributed by atoms with E-state index in [0.717, 1.165) is 19.3 Å². The van der Waals surface area contributed by atoms with Gasteiger partial charge in [-0.25, -0.2) is 0 Å². The molecule has 0 aromatic rings. The molecule has 2 unspecified atom stereocenters. The van der Waals surface area contributed by atoms with Crippen LogP contribution in [0.1, 0.15) is 90.4 Å². The highest BCUT2D eigenvalue weighted by Crippen LogP contribution is 2.13. The number of aliphatic hydroxyl groups excluding tert-OH is 1. The first-order valence-corrected chi connectivity index (χ1v) is 11.3. The third kappa shape index (κ3) is 19.7. The third-order valence-corrected chi connectivity index (χ3v) is 4.83. The maximum absolute atomic E-state index is 11.0. The molecule has 2 atom stereocenters. The average Bonchev–Trinajstić information content (AvgIpc) is 2.57. The van der Waals surface area contributed by atoms with Crippen molar-refractivity contribution in [2.45, 2.75) is 103 Å². The van der Waals surface area contributed by atoms with Gasteiger partial charge in [-0.2, -0.15) is 0 Å². The van der Waals surface area contributed by atoms with Crippen molar-refractivity contribution in [2.24, 2.45) is 0 Å². The highest BCUT2D eigenvalue weighted by atomic mass is 16.5. The van der Waals surface area contributed by atoms with Gasteiger partial charge in [0.25, 0.3) is 0 Å². The van der Waals surface area contributed by atoms with Gasteiger partial charge in [-0.15, -0.1) is 0 Å². The molecule has 0 rings (SSSR count). The van der Waals surface area contributed by atoms with Crippen molar-refractivity contribution in [1.82, 2.24) is 0 Å². The minimum Gasteiger partial charge on any atom is -0.492 e. The molecule has 0 saturated carbocycles. The summed E-state index contributed by atoms with van der Waals surface area (Å²) in [6, 6.07) is 0. The van der Waals surface area contributed by atoms with Crippen molar-refractivity contribution in [1.29, 1.82) is 0 Å². The Hall–Kier alpha value is -1.07. The number of rotatable bonds is 19. The first-order valence-electron chi connectivity index (χ1n) is 11.3. The number of ether oxygens (including phenoxy) is 1. The number of likely N-dealkylation sites (N-methyl/N-ethyl adjacent to an activating group) is 1. The number of unbranched alkanes of at least 4 members (excludes halogenated alkanes) is 10. The summed E-state index contributed by atoms with van der Waals surface area (Å²) in [5.41, 5.74) is 0. The Morgan fingerprint density at radius 3 is 1.89 bits per heavy atom. The van der Waals surface area contributed by atoms with E-state index in [9.17, 15) is 9.90 Å². The van der Waals surface area contributed by atoms with Crippen molar-refractivity contribution >= 4 is 5.97 Å². The molecule has 0 aromatic carbocycles. The molecule has 0 aromatic heterocycles. The van der Waals surface area contributed by atoms with Gasteiger partial charge in [0, 0.05) is 0 Å². The molecule has 0 saturated heterocycles. The summed E-state index contributed by atoms with van der Waals surface area (Å²) >= 11 is 0. The summed E-state index contributed by atoms with van der Waals surface area (Å²) < 4.78 is 6.20. The van der Waals surface area contributed by atoms with Crippen molar-refractivity contribution in [2.75, 3.05) is 27.7 Å². The predicted octanol–water partition coefficient (Wildman–Crippen LogP) is 5.13. The first kappa shape index (κ1) is 26.9. The molecule has 28 heavy (non-hydrogen) atoms. The predicted molar refractivity (Wildman–Crippen MR) is 116 cm³/mol. The van der Waals surface area contributed by atoms with Gasteiger partial charge in [0.15, 0.2) is 6.10 Å². The van der Waals surface area contributed by atoms with Gasteiger partial charge < -0.3 is 19.4 Å². The average molecular weight is 401 g/mol. The minimum absolute atomic E-state index is 0.0332. The quantitative estimate of drug-likeness (QED) is 0.179. The molecule has 2 N–H and O–H groups in total. The standard InChI is InChI=1S/C23H45NO4/c1-5-6-7-8-9-10-11-12-13-14-15-16-21(25)17-18-28-22(19-23(26)27)20-24(2,3)4/h17-18,21-22,25H,5-16,19-20H2,1-4H3/p+1. The van der Waals surface area contributed by atoms with E-state index in [1.165, 1.54) is 64.0 Å². The first-order chi connectivity index (χ1) is 13.2. The second kappa shape index (κ2) is 16.8. The van der Waals surface area contributed by atoms with Crippen LogP contribution in [0.15, 0.2) is 12.3 Å². The fraction of sp³-hybridized carbons (Fsp3) is 0.870. The lowest BCUT2D eigenvalue weighted by molar-refractivity contribution is -0.873. The van der Waals surface area contributed by atoms with Crippen LogP contribution in [-0.2, 0) is 9.53 Å². The van der Waals surface area contributed by atoms with Crippen molar-refractivity contribution in [3.05, 3.63) is 12.3 Å². The number of nitrogens with zero attached hydrogens (tertiary/aromatic N) is 1. The lowest BCUT2D eigenvalue weighted by Gasteiger charge is -2.28.